The van der Waals surface area contributed by atoms with Crippen molar-refractivity contribution in [2.75, 3.05) is 6.54 Å². The lowest BCUT2D eigenvalue weighted by molar-refractivity contribution is -0.0331. The van der Waals surface area contributed by atoms with Gasteiger partial charge in [-0.25, -0.2) is 4.79 Å². The Hall–Kier alpha value is -1.76. The molecule has 1 amide bonds. The van der Waals surface area contributed by atoms with Crippen LogP contribution >= 0.6 is 23.2 Å². The first-order valence-electron chi connectivity index (χ1n) is 11.2. The van der Waals surface area contributed by atoms with Gasteiger partial charge in [0.15, 0.2) is 0 Å². The largest absolute Gasteiger partial charge is 0.444 e. The second-order valence-corrected chi connectivity index (χ2v) is 10.5. The number of carbonyl (C=O) groups excluding carboxylic acids is 1. The molecule has 1 aromatic carbocycles. The summed E-state index contributed by atoms with van der Waals surface area (Å²) in [5.41, 5.74) is 1.75. The summed E-state index contributed by atoms with van der Waals surface area (Å²) < 4.78 is 17.6. The third-order valence-electron chi connectivity index (χ3n) is 5.89. The zero-order chi connectivity index (χ0) is 23.0. The molecule has 1 aliphatic heterocycles. The Balaban J connectivity index is 1.46. The minimum Gasteiger partial charge on any atom is -0.444 e. The fraction of sp³-hybridized carbons (Fsp3) is 0.583. The molecule has 32 heavy (non-hydrogen) atoms. The quantitative estimate of drug-likeness (QED) is 0.468. The number of halogens is 2. The number of aromatic nitrogens is 1. The van der Waals surface area contributed by atoms with E-state index >= 15 is 0 Å². The van der Waals surface area contributed by atoms with Gasteiger partial charge in [0, 0.05) is 29.6 Å². The Morgan fingerprint density at radius 1 is 1.22 bits per heavy atom. The highest BCUT2D eigenvalue weighted by Crippen LogP contribution is 2.46. The van der Waals surface area contributed by atoms with Crippen LogP contribution in [0, 0.1) is 0 Å². The number of nitrogens with zero attached hydrogens (tertiary/aromatic N) is 2. The molecule has 0 bridgehead atoms. The van der Waals surface area contributed by atoms with E-state index in [1.807, 2.05) is 33.8 Å². The normalized spacial score (nSPS) is 21.6. The number of rotatable bonds is 5. The van der Waals surface area contributed by atoms with Gasteiger partial charge in [-0.05, 0) is 65.5 Å². The van der Waals surface area contributed by atoms with Crippen LogP contribution in [0.4, 0.5) is 4.79 Å². The van der Waals surface area contributed by atoms with E-state index in [2.05, 4.69) is 5.16 Å². The highest BCUT2D eigenvalue weighted by molar-refractivity contribution is 6.39. The van der Waals surface area contributed by atoms with Crippen molar-refractivity contribution in [3.05, 3.63) is 39.6 Å². The molecule has 2 aromatic rings. The summed E-state index contributed by atoms with van der Waals surface area (Å²) in [5.74, 6) is 1.25. The number of amides is 1. The predicted octanol–water partition coefficient (Wildman–Crippen LogP) is 6.83. The molecule has 1 saturated carbocycles. The second-order valence-electron chi connectivity index (χ2n) is 9.73. The van der Waals surface area contributed by atoms with Crippen molar-refractivity contribution in [3.63, 3.8) is 0 Å². The molecular weight excluding hydrogens is 451 g/mol. The summed E-state index contributed by atoms with van der Waals surface area (Å²) in [6, 6.07) is 5.44. The number of hydrogen-bond donors (Lipinski definition) is 0. The average Bonchev–Trinajstić information content (AvgIpc) is 3.46. The van der Waals surface area contributed by atoms with Crippen LogP contribution in [0.25, 0.3) is 11.3 Å². The second kappa shape index (κ2) is 9.24. The minimum absolute atomic E-state index is 0.0280. The zero-order valence-corrected chi connectivity index (χ0v) is 20.5. The van der Waals surface area contributed by atoms with Crippen molar-refractivity contribution in [2.45, 2.75) is 83.6 Å². The first-order valence-corrected chi connectivity index (χ1v) is 11.9. The van der Waals surface area contributed by atoms with Crippen LogP contribution in [0.2, 0.25) is 10.0 Å². The van der Waals surface area contributed by atoms with Crippen LogP contribution < -0.4 is 0 Å². The molecule has 0 radical (unpaired) electrons. The average molecular weight is 481 g/mol. The highest BCUT2D eigenvalue weighted by Gasteiger charge is 2.35. The van der Waals surface area contributed by atoms with Crippen LogP contribution in [0.3, 0.4) is 0 Å². The van der Waals surface area contributed by atoms with Crippen LogP contribution in [0.5, 0.6) is 0 Å². The van der Waals surface area contributed by atoms with Crippen LogP contribution in [-0.4, -0.2) is 40.4 Å². The summed E-state index contributed by atoms with van der Waals surface area (Å²) in [5, 5.41) is 5.40. The lowest BCUT2D eigenvalue weighted by atomic mass is 10.0. The van der Waals surface area contributed by atoms with E-state index in [9.17, 15) is 4.79 Å². The van der Waals surface area contributed by atoms with E-state index in [4.69, 9.17) is 37.2 Å². The van der Waals surface area contributed by atoms with Gasteiger partial charge in [0.25, 0.3) is 0 Å². The fourth-order valence-electron chi connectivity index (χ4n) is 4.12. The van der Waals surface area contributed by atoms with E-state index in [0.29, 0.717) is 40.4 Å². The molecule has 1 saturated heterocycles. The van der Waals surface area contributed by atoms with Gasteiger partial charge in [0.1, 0.15) is 17.1 Å². The Kier molecular flexibility index (Phi) is 6.76. The highest BCUT2D eigenvalue weighted by atomic mass is 35.5. The standard InChI is InChI=1S/C24H30Cl2N2O4/c1-14-12-16(10-11-28(14)23(29)31-24(2,3)4)30-13-17-21(27-32-22(17)15-8-9-15)20-18(25)6-5-7-19(20)26/h5-7,14-16H,8-13H2,1-4H3/t14-,16?/m0/s1. The molecule has 2 aliphatic rings. The Morgan fingerprint density at radius 3 is 2.50 bits per heavy atom. The molecule has 2 fully saturated rings. The number of hydrogen-bond acceptors (Lipinski definition) is 5. The molecule has 174 valence electrons. The molecular formula is C24H30Cl2N2O4. The third-order valence-corrected chi connectivity index (χ3v) is 6.52. The van der Waals surface area contributed by atoms with Gasteiger partial charge in [-0.1, -0.05) is 34.4 Å². The van der Waals surface area contributed by atoms with E-state index in [1.165, 1.54) is 0 Å². The van der Waals surface area contributed by atoms with E-state index in [-0.39, 0.29) is 18.2 Å². The van der Waals surface area contributed by atoms with Crippen molar-refractivity contribution in [1.29, 1.82) is 0 Å². The SMILES string of the molecule is C[C@H]1CC(OCc2c(-c3c(Cl)cccc3Cl)noc2C2CC2)CCN1C(=O)OC(C)(C)C. The van der Waals surface area contributed by atoms with Gasteiger partial charge in [-0.15, -0.1) is 0 Å². The molecule has 4 rings (SSSR count). The van der Waals surface area contributed by atoms with Gasteiger partial charge < -0.3 is 18.9 Å². The molecule has 1 aromatic heterocycles. The number of piperidine rings is 1. The predicted molar refractivity (Wildman–Crippen MR) is 124 cm³/mol. The smallest absolute Gasteiger partial charge is 0.410 e. The molecule has 2 atom stereocenters. The maximum atomic E-state index is 12.5. The Labute approximate surface area is 199 Å². The lowest BCUT2D eigenvalue weighted by Gasteiger charge is -2.38. The Bertz CT molecular complexity index is 961. The third kappa shape index (κ3) is 5.24. The monoisotopic (exact) mass is 480 g/mol. The zero-order valence-electron chi connectivity index (χ0n) is 19.0. The molecule has 2 heterocycles. The summed E-state index contributed by atoms with van der Waals surface area (Å²) in [6.45, 7) is 8.64. The van der Waals surface area contributed by atoms with Crippen molar-refractivity contribution in [3.8, 4) is 11.3 Å². The maximum absolute atomic E-state index is 12.5. The molecule has 0 N–H and O–H groups in total. The summed E-state index contributed by atoms with van der Waals surface area (Å²) in [7, 11) is 0. The number of benzene rings is 1. The van der Waals surface area contributed by atoms with Crippen molar-refractivity contribution >= 4 is 29.3 Å². The Morgan fingerprint density at radius 2 is 1.91 bits per heavy atom. The molecule has 6 nitrogen and oxygen atoms in total. The van der Waals surface area contributed by atoms with Gasteiger partial charge in [-0.3, -0.25) is 0 Å². The van der Waals surface area contributed by atoms with Gasteiger partial charge in [0.2, 0.25) is 0 Å². The first-order chi connectivity index (χ1) is 15.1. The van der Waals surface area contributed by atoms with Crippen LogP contribution in [0.15, 0.2) is 22.7 Å². The van der Waals surface area contributed by atoms with Crippen molar-refractivity contribution in [2.24, 2.45) is 0 Å². The molecule has 8 heteroatoms. The fourth-order valence-corrected chi connectivity index (χ4v) is 4.70. The maximum Gasteiger partial charge on any atom is 0.410 e. The van der Waals surface area contributed by atoms with Gasteiger partial charge in [0.05, 0.1) is 22.8 Å². The van der Waals surface area contributed by atoms with Gasteiger partial charge >= 0.3 is 6.09 Å². The van der Waals surface area contributed by atoms with Crippen molar-refractivity contribution in [1.82, 2.24) is 10.1 Å². The molecule has 0 spiro atoms. The molecule has 1 unspecified atom stereocenters. The van der Waals surface area contributed by atoms with Gasteiger partial charge in [-0.2, -0.15) is 0 Å². The summed E-state index contributed by atoms with van der Waals surface area (Å²) in [6.07, 6.45) is 3.42. The number of ether oxygens (including phenoxy) is 2. The summed E-state index contributed by atoms with van der Waals surface area (Å²) >= 11 is 12.9. The van der Waals surface area contributed by atoms with Crippen LogP contribution in [-0.2, 0) is 16.1 Å². The van der Waals surface area contributed by atoms with E-state index in [0.717, 1.165) is 37.0 Å². The van der Waals surface area contributed by atoms with Crippen LogP contribution in [0.1, 0.15) is 70.6 Å². The van der Waals surface area contributed by atoms with E-state index < -0.39 is 5.60 Å². The first kappa shape index (κ1) is 23.4. The number of carbonyl (C=O) groups is 1. The minimum atomic E-state index is -0.506. The molecule has 1 aliphatic carbocycles. The number of likely N-dealkylation sites (tertiary alicyclic amines) is 1. The summed E-state index contributed by atoms with van der Waals surface area (Å²) in [4.78, 5) is 14.3. The van der Waals surface area contributed by atoms with Crippen molar-refractivity contribution < 1.29 is 18.8 Å². The van der Waals surface area contributed by atoms with E-state index in [1.54, 1.807) is 17.0 Å². The topological polar surface area (TPSA) is 64.8 Å². The lowest BCUT2D eigenvalue weighted by Crippen LogP contribution is -2.48.